The number of hydrogen-bond acceptors (Lipinski definition) is 5. The molecule has 0 atom stereocenters. The first-order valence-electron chi connectivity index (χ1n) is 8.47. The number of nitrogens with zero attached hydrogens (tertiary/aromatic N) is 2. The molecule has 0 amide bonds. The largest absolute Gasteiger partial charge is 0.399 e. The summed E-state index contributed by atoms with van der Waals surface area (Å²) >= 11 is 1.70. The van der Waals surface area contributed by atoms with Crippen molar-refractivity contribution in [2.75, 3.05) is 11.1 Å². The van der Waals surface area contributed by atoms with Crippen LogP contribution in [0.15, 0.2) is 48.8 Å². The summed E-state index contributed by atoms with van der Waals surface area (Å²) in [5.41, 5.74) is 12.5. The van der Waals surface area contributed by atoms with Crippen molar-refractivity contribution in [3.05, 3.63) is 64.8 Å². The van der Waals surface area contributed by atoms with E-state index in [1.165, 1.54) is 27.1 Å². The third-order valence-corrected chi connectivity index (χ3v) is 5.65. The Bertz CT molecular complexity index is 1100. The lowest BCUT2D eigenvalue weighted by molar-refractivity contribution is 1.23. The highest BCUT2D eigenvalue weighted by Crippen LogP contribution is 2.41. The molecule has 0 fully saturated rings. The number of benzene rings is 2. The van der Waals surface area contributed by atoms with E-state index in [1.807, 2.05) is 24.3 Å². The van der Waals surface area contributed by atoms with E-state index in [9.17, 15) is 0 Å². The van der Waals surface area contributed by atoms with Gasteiger partial charge in [-0.2, -0.15) is 0 Å². The van der Waals surface area contributed by atoms with Gasteiger partial charge in [-0.3, -0.25) is 0 Å². The molecule has 4 rings (SSSR count). The zero-order valence-electron chi connectivity index (χ0n) is 15.0. The zero-order chi connectivity index (χ0) is 18.3. The van der Waals surface area contributed by atoms with Crippen molar-refractivity contribution in [2.45, 2.75) is 20.8 Å². The number of nitrogen functional groups attached to an aromatic ring is 1. The maximum Gasteiger partial charge on any atom is 0.143 e. The van der Waals surface area contributed by atoms with Crippen LogP contribution in [0.5, 0.6) is 0 Å². The lowest BCUT2D eigenvalue weighted by Crippen LogP contribution is -1.96. The monoisotopic (exact) mass is 360 g/mol. The van der Waals surface area contributed by atoms with Gasteiger partial charge >= 0.3 is 0 Å². The molecule has 2 aromatic heterocycles. The molecule has 0 spiro atoms. The predicted octanol–water partition coefficient (Wildman–Crippen LogP) is 5.61. The van der Waals surface area contributed by atoms with Crippen molar-refractivity contribution in [1.82, 2.24) is 9.97 Å². The normalized spacial score (nSPS) is 11.0. The molecule has 0 unspecified atom stereocenters. The molecule has 3 N–H and O–H groups in total. The zero-order valence-corrected chi connectivity index (χ0v) is 15.8. The number of nitrogens with one attached hydrogen (secondary N) is 1. The third-order valence-electron chi connectivity index (χ3n) is 4.63. The molecule has 0 bridgehead atoms. The summed E-state index contributed by atoms with van der Waals surface area (Å²) in [6.07, 6.45) is 1.61. The van der Waals surface area contributed by atoms with Crippen LogP contribution in [0.4, 0.5) is 17.2 Å². The summed E-state index contributed by atoms with van der Waals surface area (Å²) in [6, 6.07) is 14.3. The molecule has 5 heteroatoms. The topological polar surface area (TPSA) is 63.8 Å². The molecule has 0 saturated heterocycles. The number of anilines is 3. The lowest BCUT2D eigenvalue weighted by Gasteiger charge is -2.10. The maximum absolute atomic E-state index is 5.79. The molecular formula is C21H20N4S. The summed E-state index contributed by atoms with van der Waals surface area (Å²) in [5, 5.41) is 4.49. The van der Waals surface area contributed by atoms with Crippen LogP contribution >= 0.6 is 11.3 Å². The van der Waals surface area contributed by atoms with E-state index in [1.54, 1.807) is 17.7 Å². The average Bonchev–Trinajstić information content (AvgIpc) is 2.96. The van der Waals surface area contributed by atoms with Crippen molar-refractivity contribution in [2.24, 2.45) is 0 Å². The quantitative estimate of drug-likeness (QED) is 0.466. The van der Waals surface area contributed by atoms with Crippen molar-refractivity contribution in [3.63, 3.8) is 0 Å². The number of fused-ring (bicyclic) bond motifs is 1. The van der Waals surface area contributed by atoms with Crippen molar-refractivity contribution in [1.29, 1.82) is 0 Å². The highest BCUT2D eigenvalue weighted by molar-refractivity contribution is 7.19. The van der Waals surface area contributed by atoms with Crippen LogP contribution in [0.25, 0.3) is 21.3 Å². The van der Waals surface area contributed by atoms with E-state index in [-0.39, 0.29) is 0 Å². The molecule has 2 aromatic carbocycles. The number of nitrogens with two attached hydrogens (primary N) is 1. The van der Waals surface area contributed by atoms with Gasteiger partial charge in [-0.05, 0) is 61.7 Å². The second-order valence-electron chi connectivity index (χ2n) is 6.48. The molecular weight excluding hydrogens is 340 g/mol. The van der Waals surface area contributed by atoms with Gasteiger partial charge in [0.25, 0.3) is 0 Å². The van der Waals surface area contributed by atoms with Gasteiger partial charge in [0.15, 0.2) is 0 Å². The molecule has 130 valence electrons. The van der Waals surface area contributed by atoms with Crippen LogP contribution in [0.3, 0.4) is 0 Å². The fraction of sp³-hybridized carbons (Fsp3) is 0.143. The maximum atomic E-state index is 5.79. The Morgan fingerprint density at radius 1 is 0.923 bits per heavy atom. The van der Waals surface area contributed by atoms with Crippen LogP contribution in [-0.2, 0) is 0 Å². The van der Waals surface area contributed by atoms with Crippen LogP contribution in [0.2, 0.25) is 0 Å². The van der Waals surface area contributed by atoms with E-state index in [4.69, 9.17) is 5.73 Å². The molecule has 2 heterocycles. The van der Waals surface area contributed by atoms with Gasteiger partial charge in [0.2, 0.25) is 0 Å². The molecule has 0 saturated carbocycles. The Morgan fingerprint density at radius 3 is 2.42 bits per heavy atom. The molecule has 0 radical (unpaired) electrons. The average molecular weight is 360 g/mol. The molecule has 4 nitrogen and oxygen atoms in total. The number of aromatic nitrogens is 2. The van der Waals surface area contributed by atoms with Gasteiger partial charge in [0.05, 0.1) is 5.39 Å². The van der Waals surface area contributed by atoms with Gasteiger partial charge in [0.1, 0.15) is 17.0 Å². The van der Waals surface area contributed by atoms with Gasteiger partial charge in [-0.15, -0.1) is 11.3 Å². The molecule has 4 aromatic rings. The van der Waals surface area contributed by atoms with E-state index in [2.05, 4.69) is 54.3 Å². The standard InChI is InChI=1S/C21H20N4S/c1-12-4-5-15(10-13(12)2)18-14(3)26-21-19(18)20(23-11-24-21)25-17-8-6-16(22)7-9-17/h4-11H,22H2,1-3H3,(H,23,24,25). The summed E-state index contributed by atoms with van der Waals surface area (Å²) in [6.45, 7) is 6.42. The molecule has 0 aliphatic rings. The summed E-state index contributed by atoms with van der Waals surface area (Å²) in [5.74, 6) is 0.817. The number of hydrogen-bond donors (Lipinski definition) is 2. The summed E-state index contributed by atoms with van der Waals surface area (Å²) in [4.78, 5) is 11.2. The van der Waals surface area contributed by atoms with E-state index >= 15 is 0 Å². The van der Waals surface area contributed by atoms with Crippen LogP contribution in [-0.4, -0.2) is 9.97 Å². The number of thiophene rings is 1. The third kappa shape index (κ3) is 2.91. The first-order valence-corrected chi connectivity index (χ1v) is 9.29. The highest BCUT2D eigenvalue weighted by atomic mass is 32.1. The highest BCUT2D eigenvalue weighted by Gasteiger charge is 2.17. The fourth-order valence-electron chi connectivity index (χ4n) is 3.09. The lowest BCUT2D eigenvalue weighted by atomic mass is 9.99. The van der Waals surface area contributed by atoms with E-state index in [0.29, 0.717) is 0 Å². The summed E-state index contributed by atoms with van der Waals surface area (Å²) in [7, 11) is 0. The molecule has 26 heavy (non-hydrogen) atoms. The SMILES string of the molecule is Cc1ccc(-c2c(C)sc3ncnc(Nc4ccc(N)cc4)c23)cc1C. The Kier molecular flexibility index (Phi) is 4.09. The van der Waals surface area contributed by atoms with Crippen LogP contribution in [0, 0.1) is 20.8 Å². The first-order chi connectivity index (χ1) is 12.5. The first kappa shape index (κ1) is 16.5. The second kappa shape index (κ2) is 6.42. The Morgan fingerprint density at radius 2 is 1.69 bits per heavy atom. The van der Waals surface area contributed by atoms with Crippen LogP contribution < -0.4 is 11.1 Å². The van der Waals surface area contributed by atoms with Gasteiger partial charge < -0.3 is 11.1 Å². The Hall–Kier alpha value is -2.92. The fourth-order valence-corrected chi connectivity index (χ4v) is 4.10. The summed E-state index contributed by atoms with van der Waals surface area (Å²) < 4.78 is 0. The van der Waals surface area contributed by atoms with Gasteiger partial charge in [0, 0.05) is 21.8 Å². The van der Waals surface area contributed by atoms with Gasteiger partial charge in [-0.1, -0.05) is 18.2 Å². The number of aryl methyl sites for hydroxylation is 3. The predicted molar refractivity (Wildman–Crippen MR) is 111 cm³/mol. The van der Waals surface area contributed by atoms with E-state index in [0.717, 1.165) is 27.4 Å². The Labute approximate surface area is 156 Å². The second-order valence-corrected chi connectivity index (χ2v) is 7.68. The minimum atomic E-state index is 0.741. The number of rotatable bonds is 3. The minimum absolute atomic E-state index is 0.741. The molecule has 0 aliphatic heterocycles. The Balaban J connectivity index is 1.89. The minimum Gasteiger partial charge on any atom is -0.399 e. The van der Waals surface area contributed by atoms with Gasteiger partial charge in [-0.25, -0.2) is 9.97 Å². The van der Waals surface area contributed by atoms with Crippen LogP contribution in [0.1, 0.15) is 16.0 Å². The van der Waals surface area contributed by atoms with Crippen molar-refractivity contribution in [3.8, 4) is 11.1 Å². The van der Waals surface area contributed by atoms with Crippen molar-refractivity contribution >= 4 is 38.7 Å². The molecule has 0 aliphatic carbocycles. The van der Waals surface area contributed by atoms with E-state index < -0.39 is 0 Å². The van der Waals surface area contributed by atoms with Crippen molar-refractivity contribution < 1.29 is 0 Å². The smallest absolute Gasteiger partial charge is 0.143 e.